The maximum atomic E-state index is 15.5. The van der Waals surface area contributed by atoms with E-state index in [0.717, 1.165) is 24.3 Å². The highest BCUT2D eigenvalue weighted by atomic mass is 31.2. The molecule has 0 saturated heterocycles. The summed E-state index contributed by atoms with van der Waals surface area (Å²) in [6.45, 7) is -1.33. The van der Waals surface area contributed by atoms with E-state index >= 15 is 8.78 Å². The first-order valence-electron chi connectivity index (χ1n) is 16.8. The minimum Gasteiger partial charge on any atom is -0.478 e. The van der Waals surface area contributed by atoms with Crippen LogP contribution in [-0.4, -0.2) is 91.4 Å². The number of hydrogen-bond donors (Lipinski definition) is 5. The quantitative estimate of drug-likeness (QED) is 0.0530. The van der Waals surface area contributed by atoms with E-state index in [1.165, 1.54) is 53.9 Å². The van der Waals surface area contributed by atoms with E-state index in [1.54, 1.807) is 17.0 Å². The lowest BCUT2D eigenvalue weighted by atomic mass is 9.99. The molecule has 0 unspecified atom stereocenters. The van der Waals surface area contributed by atoms with E-state index in [0.29, 0.717) is 11.6 Å². The van der Waals surface area contributed by atoms with Crippen molar-refractivity contribution in [2.45, 2.75) is 19.3 Å². The monoisotopic (exact) mass is 818 g/mol. The molecule has 298 valence electrons. The zero-order chi connectivity index (χ0) is 41.4. The molecule has 0 bridgehead atoms. The fourth-order valence-electron chi connectivity index (χ4n) is 5.34. The van der Waals surface area contributed by atoms with Gasteiger partial charge in [-0.15, -0.1) is 20.4 Å². The van der Waals surface area contributed by atoms with E-state index in [9.17, 15) is 28.8 Å². The maximum Gasteiger partial charge on any atom is 0.469 e. The van der Waals surface area contributed by atoms with Crippen LogP contribution >= 0.6 is 7.82 Å². The summed E-state index contributed by atoms with van der Waals surface area (Å²) in [5.41, 5.74) is -1.88. The number of ether oxygens (including phenoxy) is 1. The largest absolute Gasteiger partial charge is 0.478 e. The Morgan fingerprint density at radius 2 is 1.21 bits per heavy atom. The van der Waals surface area contributed by atoms with Gasteiger partial charge in [0.1, 0.15) is 30.9 Å². The molecule has 0 aliphatic rings. The fourth-order valence-corrected chi connectivity index (χ4v) is 5.65. The zero-order valence-electron chi connectivity index (χ0n) is 29.6. The number of phosphoric ester groups is 1. The molecule has 0 radical (unpaired) electrons. The second kappa shape index (κ2) is 17.8. The normalized spacial score (nSPS) is 11.2. The molecular weight excluding hydrogens is 789 g/mol. The summed E-state index contributed by atoms with van der Waals surface area (Å²) in [6, 6.07) is 9.47. The molecule has 0 spiro atoms. The first-order chi connectivity index (χ1) is 27.8. The van der Waals surface area contributed by atoms with Gasteiger partial charge in [-0.1, -0.05) is 0 Å². The second-order valence-corrected chi connectivity index (χ2v) is 13.2. The highest BCUT2D eigenvalue weighted by molar-refractivity contribution is 7.46. The van der Waals surface area contributed by atoms with E-state index in [2.05, 4.69) is 45.5 Å². The Balaban J connectivity index is 1.19. The molecule has 0 atom stereocenters. The lowest BCUT2D eigenvalue weighted by Crippen LogP contribution is -2.19. The molecule has 5 N–H and O–H groups in total. The fraction of sp³-hybridized carbons (Fsp3) is 0.143. The van der Waals surface area contributed by atoms with Gasteiger partial charge in [-0.25, -0.2) is 32.9 Å². The number of aryl methyl sites for hydroxylation is 2. The number of carbonyl (C=O) groups is 4. The van der Waals surface area contributed by atoms with Crippen LogP contribution in [0.2, 0.25) is 0 Å². The lowest BCUT2D eigenvalue weighted by Gasteiger charge is -2.15. The number of aromatic nitrogens is 8. The number of nitrogens with zero attached hydrogens (tertiary/aromatic N) is 8. The van der Waals surface area contributed by atoms with E-state index in [1.807, 2.05) is 0 Å². The van der Waals surface area contributed by atoms with Gasteiger partial charge in [0.15, 0.2) is 23.0 Å². The minimum atomic E-state index is -4.87. The van der Waals surface area contributed by atoms with Gasteiger partial charge in [-0.05, 0) is 78.9 Å². The summed E-state index contributed by atoms with van der Waals surface area (Å²) in [4.78, 5) is 76.7. The van der Waals surface area contributed by atoms with Crippen molar-refractivity contribution in [2.24, 2.45) is 0 Å². The molecule has 23 heteroatoms. The average molecular weight is 819 g/mol. The maximum absolute atomic E-state index is 15.5. The number of phosphoric acid groups is 1. The SMILES string of the molecule is O=C(Nc1cc(CCCc2cc(NC(=O)c3ccc(-n4ccnc4)nn3)c(C(=O)OCCOP(=O)(O)O)cc2F)c(F)cc1C(=O)O)c1ccc(-n2ccnc2)nn1. The van der Waals surface area contributed by atoms with Crippen molar-refractivity contribution in [1.29, 1.82) is 0 Å². The lowest BCUT2D eigenvalue weighted by molar-refractivity contribution is 0.0425. The van der Waals surface area contributed by atoms with Gasteiger partial charge in [0.25, 0.3) is 11.8 Å². The third kappa shape index (κ3) is 10.2. The Morgan fingerprint density at radius 1 is 0.707 bits per heavy atom. The van der Waals surface area contributed by atoms with Crippen LogP contribution in [0.4, 0.5) is 20.2 Å². The Morgan fingerprint density at radius 3 is 1.64 bits per heavy atom. The van der Waals surface area contributed by atoms with Crippen LogP contribution in [0, 0.1) is 11.6 Å². The number of halogens is 2. The summed E-state index contributed by atoms with van der Waals surface area (Å²) in [5, 5.41) is 30.3. The van der Waals surface area contributed by atoms with Crippen molar-refractivity contribution in [3.05, 3.63) is 131 Å². The number of anilines is 2. The number of amides is 2. The topological polar surface area (TPSA) is 276 Å². The predicted octanol–water partition coefficient (Wildman–Crippen LogP) is 3.56. The molecule has 4 aromatic heterocycles. The van der Waals surface area contributed by atoms with Crippen molar-refractivity contribution < 1.29 is 56.7 Å². The first kappa shape index (κ1) is 40.5. The molecule has 4 heterocycles. The van der Waals surface area contributed by atoms with Crippen molar-refractivity contribution >= 4 is 43.0 Å². The molecule has 2 amide bonds. The number of carboxylic acid groups (broad SMARTS) is 1. The third-order valence-corrected chi connectivity index (χ3v) is 8.61. The van der Waals surface area contributed by atoms with Crippen LogP contribution in [0.1, 0.15) is 59.2 Å². The Hall–Kier alpha value is -7.13. The van der Waals surface area contributed by atoms with Crippen molar-refractivity contribution in [1.82, 2.24) is 39.5 Å². The van der Waals surface area contributed by atoms with Crippen LogP contribution in [-0.2, 0) is 26.7 Å². The van der Waals surface area contributed by atoms with Crippen LogP contribution in [0.3, 0.4) is 0 Å². The minimum absolute atomic E-state index is 0.0220. The number of rotatable bonds is 16. The second-order valence-electron chi connectivity index (χ2n) is 12.0. The third-order valence-electron chi connectivity index (χ3n) is 8.09. The number of benzene rings is 2. The average Bonchev–Trinajstić information content (AvgIpc) is 3.94. The van der Waals surface area contributed by atoms with Crippen molar-refractivity contribution in [2.75, 3.05) is 23.8 Å². The van der Waals surface area contributed by atoms with Gasteiger partial charge in [-0.3, -0.25) is 23.2 Å². The van der Waals surface area contributed by atoms with Crippen LogP contribution in [0.5, 0.6) is 0 Å². The number of hydrogen-bond acceptors (Lipinski definition) is 13. The summed E-state index contributed by atoms with van der Waals surface area (Å²) >= 11 is 0. The molecule has 0 aliphatic heterocycles. The van der Waals surface area contributed by atoms with Crippen molar-refractivity contribution in [3.63, 3.8) is 0 Å². The summed E-state index contributed by atoms with van der Waals surface area (Å²) < 4.78 is 54.0. The number of esters is 1. The van der Waals surface area contributed by atoms with Gasteiger partial charge in [0, 0.05) is 24.8 Å². The van der Waals surface area contributed by atoms with E-state index in [-0.39, 0.29) is 53.2 Å². The van der Waals surface area contributed by atoms with Gasteiger partial charge < -0.3 is 30.3 Å². The molecule has 58 heavy (non-hydrogen) atoms. The number of imidazole rings is 2. The highest BCUT2D eigenvalue weighted by Gasteiger charge is 2.23. The molecule has 6 rings (SSSR count). The van der Waals surface area contributed by atoms with Crippen LogP contribution in [0.25, 0.3) is 11.6 Å². The molecule has 6 aromatic rings. The highest BCUT2D eigenvalue weighted by Crippen LogP contribution is 2.35. The number of nitrogens with one attached hydrogen (secondary N) is 2. The number of carbonyl (C=O) groups excluding carboxylic acids is 3. The molecule has 0 aliphatic carbocycles. The Bertz CT molecular complexity index is 2500. The van der Waals surface area contributed by atoms with E-state index in [4.69, 9.17) is 14.5 Å². The summed E-state index contributed by atoms with van der Waals surface area (Å²) in [5.74, 6) is -5.49. The van der Waals surface area contributed by atoms with Gasteiger partial charge in [-0.2, -0.15) is 0 Å². The number of carboxylic acids is 1. The molecule has 0 saturated carbocycles. The summed E-state index contributed by atoms with van der Waals surface area (Å²) in [7, 11) is -4.87. The van der Waals surface area contributed by atoms with Crippen LogP contribution in [0.15, 0.2) is 86.0 Å². The summed E-state index contributed by atoms with van der Waals surface area (Å²) in [6.07, 6.45) is 9.05. The van der Waals surface area contributed by atoms with Gasteiger partial charge in [0.05, 0.1) is 29.1 Å². The van der Waals surface area contributed by atoms with Gasteiger partial charge in [0.2, 0.25) is 0 Å². The molecule has 0 fully saturated rings. The molecule has 20 nitrogen and oxygen atoms in total. The van der Waals surface area contributed by atoms with Crippen LogP contribution < -0.4 is 10.6 Å². The standard InChI is InChI=1S/C35H29F2N10O10P/c36-24-16-22(34(50)51)28(40-32(48)26-4-6-30(44-42-26)46-10-8-38-18-46)14-20(24)2-1-3-21-15-29(23(17-25(21)37)35(52)56-12-13-57-58(53,54)55)41-33(49)27-5-7-31(45-43-27)47-11-9-39-19-47/h4-11,14-19H,1-3,12-13H2,(H,40,48)(H,41,49)(H,50,51)(H2,53,54,55). The Kier molecular flexibility index (Phi) is 12.4. The van der Waals surface area contributed by atoms with Crippen molar-refractivity contribution in [3.8, 4) is 11.6 Å². The molecular formula is C35H29F2N10O10P. The van der Waals surface area contributed by atoms with Gasteiger partial charge >= 0.3 is 19.8 Å². The smallest absolute Gasteiger partial charge is 0.469 e. The van der Waals surface area contributed by atoms with E-state index < -0.39 is 67.6 Å². The first-order valence-corrected chi connectivity index (χ1v) is 18.3. The zero-order valence-corrected chi connectivity index (χ0v) is 30.5. The number of aromatic carboxylic acids is 1. The molecule has 2 aromatic carbocycles. The Labute approximate surface area is 324 Å². The predicted molar refractivity (Wildman–Crippen MR) is 194 cm³/mol.